The summed E-state index contributed by atoms with van der Waals surface area (Å²) in [7, 11) is -3.33. The van der Waals surface area contributed by atoms with Gasteiger partial charge >= 0.3 is 7.82 Å². The van der Waals surface area contributed by atoms with Crippen LogP contribution in [0, 0.1) is 0 Å². The predicted octanol–water partition coefficient (Wildman–Crippen LogP) is -3.60. The number of hydrogen-bond acceptors (Lipinski definition) is 9. The average molecular weight is 307 g/mol. The minimum absolute atomic E-state index is 0.731. The Morgan fingerprint density at radius 3 is 2.21 bits per heavy atom. The lowest BCUT2D eigenvalue weighted by molar-refractivity contribution is -0.247. The van der Waals surface area contributed by atoms with Crippen LogP contribution in [0.25, 0.3) is 0 Å². The summed E-state index contributed by atoms with van der Waals surface area (Å²) in [5, 5.41) is 36.7. The smallest absolute Gasteiger partial charge is 0.391 e. The first-order valence-electron chi connectivity index (χ1n) is 4.91. The van der Waals surface area contributed by atoms with Gasteiger partial charge in [0.2, 0.25) is 5.79 Å². The van der Waals surface area contributed by atoms with Crippen molar-refractivity contribution in [2.24, 2.45) is 5.90 Å². The Morgan fingerprint density at radius 1 is 1.42 bits per heavy atom. The van der Waals surface area contributed by atoms with Crippen LogP contribution in [0.4, 0.5) is 0 Å². The maximum atomic E-state index is 10.4. The van der Waals surface area contributed by atoms with Gasteiger partial charge in [-0.1, -0.05) is 0 Å². The molecule has 1 aliphatic rings. The van der Waals surface area contributed by atoms with E-state index in [1.807, 2.05) is 0 Å². The van der Waals surface area contributed by atoms with Crippen molar-refractivity contribution in [1.82, 2.24) is 0 Å². The third-order valence-corrected chi connectivity index (χ3v) is 2.64. The third-order valence-electron chi connectivity index (χ3n) is 2.16. The molecule has 4 atom stereocenters. The predicted molar refractivity (Wildman–Crippen MR) is 58.1 cm³/mol. The van der Waals surface area contributed by atoms with Gasteiger partial charge in [0.1, 0.15) is 18.3 Å². The monoisotopic (exact) mass is 307 g/mol. The minimum atomic E-state index is -4.73. The minimum Gasteiger partial charge on any atom is -0.391 e. The van der Waals surface area contributed by atoms with Crippen molar-refractivity contribution in [1.29, 1.82) is 0 Å². The van der Waals surface area contributed by atoms with Gasteiger partial charge in [0.05, 0.1) is 20.3 Å². The molecule has 0 aromatic heterocycles. The van der Waals surface area contributed by atoms with Gasteiger partial charge < -0.3 is 39.8 Å². The van der Waals surface area contributed by atoms with Gasteiger partial charge in [-0.25, -0.2) is 10.5 Å². The molecule has 19 heavy (non-hydrogen) atoms. The molecule has 0 unspecified atom stereocenters. The zero-order valence-corrected chi connectivity index (χ0v) is 10.9. The molecule has 1 rings (SSSR count). The molecule has 0 saturated carbocycles. The van der Waals surface area contributed by atoms with Crippen LogP contribution in [0.5, 0.6) is 0 Å². The number of aliphatic hydroxyl groups is 4. The quantitative estimate of drug-likeness (QED) is 0.200. The van der Waals surface area contributed by atoms with Crippen molar-refractivity contribution in [3.05, 3.63) is 0 Å². The van der Waals surface area contributed by atoms with E-state index < -0.39 is 45.1 Å². The van der Waals surface area contributed by atoms with E-state index in [2.05, 4.69) is 20.0 Å². The third kappa shape index (κ3) is 5.77. The summed E-state index contributed by atoms with van der Waals surface area (Å²) in [5.74, 6) is 1.99. The molecule has 12 heteroatoms. The molecule has 0 aliphatic carbocycles. The molecule has 1 fully saturated rings. The van der Waals surface area contributed by atoms with E-state index in [1.54, 1.807) is 0 Å². The normalized spacial score (nSPS) is 34.8. The molecule has 0 spiro atoms. The lowest BCUT2D eigenvalue weighted by Crippen LogP contribution is -2.46. The van der Waals surface area contributed by atoms with Crippen LogP contribution in [-0.4, -0.2) is 74.6 Å². The highest BCUT2D eigenvalue weighted by molar-refractivity contribution is 7.46. The van der Waals surface area contributed by atoms with Crippen LogP contribution in [0.2, 0.25) is 0 Å². The van der Waals surface area contributed by atoms with E-state index in [0.717, 1.165) is 0 Å². The Kier molecular flexibility index (Phi) is 7.50. The first-order chi connectivity index (χ1) is 8.61. The Hall–Kier alpha value is -0.170. The Labute approximate surface area is 108 Å². The standard InChI is InChI=1S/C6H13O9P.CH5NO/c7-2-6(10)5(9)4(8)3(15-6)1-14-16(11,12)13;1-3-2/h3-5,7-10H,1-2H2,(H2,11,12,13);2H2,1H3/t3-,4-,5+,6-;/m1./s1. The highest BCUT2D eigenvalue weighted by Crippen LogP contribution is 2.38. The van der Waals surface area contributed by atoms with E-state index in [-0.39, 0.29) is 0 Å². The maximum Gasteiger partial charge on any atom is 0.469 e. The second kappa shape index (κ2) is 7.57. The zero-order valence-electron chi connectivity index (χ0n) is 9.99. The van der Waals surface area contributed by atoms with Crippen molar-refractivity contribution >= 4 is 7.82 Å². The summed E-state index contributed by atoms with van der Waals surface area (Å²) < 4.78 is 19.1. The van der Waals surface area contributed by atoms with Gasteiger partial charge in [0.15, 0.2) is 0 Å². The fourth-order valence-electron chi connectivity index (χ4n) is 1.31. The molecule has 1 saturated heterocycles. The average Bonchev–Trinajstić information content (AvgIpc) is 2.52. The van der Waals surface area contributed by atoms with E-state index in [9.17, 15) is 19.9 Å². The Bertz CT molecular complexity index is 310. The molecule has 1 aliphatic heterocycles. The molecular weight excluding hydrogens is 289 g/mol. The summed E-state index contributed by atoms with van der Waals surface area (Å²) in [4.78, 5) is 20.5. The number of rotatable bonds is 4. The topological polar surface area (TPSA) is 192 Å². The SMILES string of the molecule is CON.O=P(O)(O)OC[C@H]1O[C@](O)(CO)[C@@H](O)[C@@H]1O. The Balaban J connectivity index is 0.000000982. The maximum absolute atomic E-state index is 10.4. The summed E-state index contributed by atoms with van der Waals surface area (Å²) in [6.07, 6.45) is -4.76. The molecule has 1 heterocycles. The number of hydrogen-bond donors (Lipinski definition) is 7. The van der Waals surface area contributed by atoms with Crippen LogP contribution < -0.4 is 5.90 Å². The fraction of sp³-hybridized carbons (Fsp3) is 1.00. The van der Waals surface area contributed by atoms with Crippen molar-refractivity contribution in [2.75, 3.05) is 20.3 Å². The van der Waals surface area contributed by atoms with Crippen molar-refractivity contribution in [2.45, 2.75) is 24.1 Å². The number of ether oxygens (including phenoxy) is 1. The van der Waals surface area contributed by atoms with E-state index in [1.165, 1.54) is 7.11 Å². The van der Waals surface area contributed by atoms with Gasteiger partial charge in [0.25, 0.3) is 0 Å². The van der Waals surface area contributed by atoms with Crippen LogP contribution in [-0.2, 0) is 18.7 Å². The number of phosphoric ester groups is 1. The largest absolute Gasteiger partial charge is 0.469 e. The summed E-state index contributed by atoms with van der Waals surface area (Å²) >= 11 is 0. The highest BCUT2D eigenvalue weighted by atomic mass is 31.2. The van der Waals surface area contributed by atoms with Crippen LogP contribution >= 0.6 is 7.82 Å². The van der Waals surface area contributed by atoms with Crippen molar-refractivity contribution in [3.63, 3.8) is 0 Å². The molecule has 8 N–H and O–H groups in total. The molecule has 0 aromatic rings. The second-order valence-corrected chi connectivity index (χ2v) is 4.86. The van der Waals surface area contributed by atoms with Crippen molar-refractivity contribution < 1.29 is 48.9 Å². The zero-order chi connectivity index (χ0) is 15.3. The van der Waals surface area contributed by atoms with E-state index in [4.69, 9.17) is 14.9 Å². The molecule has 0 aromatic carbocycles. The summed E-state index contributed by atoms with van der Waals surface area (Å²) in [6, 6.07) is 0. The van der Waals surface area contributed by atoms with Crippen LogP contribution in [0.1, 0.15) is 0 Å². The van der Waals surface area contributed by atoms with Crippen LogP contribution in [0.3, 0.4) is 0 Å². The lowest BCUT2D eigenvalue weighted by Gasteiger charge is -2.22. The van der Waals surface area contributed by atoms with E-state index >= 15 is 0 Å². The number of nitrogens with two attached hydrogens (primary N) is 1. The van der Waals surface area contributed by atoms with Gasteiger partial charge in [0, 0.05) is 0 Å². The Morgan fingerprint density at radius 2 is 1.89 bits per heavy atom. The number of phosphoric acid groups is 1. The highest BCUT2D eigenvalue weighted by Gasteiger charge is 2.53. The molecular formula is C7H18NO10P. The molecule has 0 amide bonds. The fourth-order valence-corrected chi connectivity index (χ4v) is 1.65. The molecule has 0 bridgehead atoms. The summed E-state index contributed by atoms with van der Waals surface area (Å²) in [6.45, 7) is -1.71. The molecule has 116 valence electrons. The first-order valence-corrected chi connectivity index (χ1v) is 6.44. The summed E-state index contributed by atoms with van der Waals surface area (Å²) in [5.41, 5.74) is 0. The second-order valence-electron chi connectivity index (χ2n) is 3.62. The molecule has 0 radical (unpaired) electrons. The first kappa shape index (κ1) is 18.8. The molecule has 11 nitrogen and oxygen atoms in total. The van der Waals surface area contributed by atoms with Crippen LogP contribution in [0.15, 0.2) is 0 Å². The van der Waals surface area contributed by atoms with E-state index in [0.29, 0.717) is 0 Å². The lowest BCUT2D eigenvalue weighted by atomic mass is 10.1. The van der Waals surface area contributed by atoms with Gasteiger partial charge in [-0.15, -0.1) is 0 Å². The van der Waals surface area contributed by atoms with Gasteiger partial charge in [-0.3, -0.25) is 4.52 Å². The van der Waals surface area contributed by atoms with Gasteiger partial charge in [-0.2, -0.15) is 0 Å². The van der Waals surface area contributed by atoms with Gasteiger partial charge in [-0.05, 0) is 0 Å². The van der Waals surface area contributed by atoms with Crippen molar-refractivity contribution in [3.8, 4) is 0 Å². The number of aliphatic hydroxyl groups excluding tert-OH is 3.